The first-order valence-electron chi connectivity index (χ1n) is 11.9. The van der Waals surface area contributed by atoms with Gasteiger partial charge in [-0.05, 0) is 42.4 Å². The minimum atomic E-state index is -0.972. The van der Waals surface area contributed by atoms with E-state index in [1.807, 2.05) is 29.2 Å². The third kappa shape index (κ3) is 4.18. The summed E-state index contributed by atoms with van der Waals surface area (Å²) < 4.78 is 4.52. The summed E-state index contributed by atoms with van der Waals surface area (Å²) in [5.74, 6) is -1.36. The molecule has 1 N–H and O–H groups in total. The van der Waals surface area contributed by atoms with E-state index in [9.17, 15) is 19.2 Å². The van der Waals surface area contributed by atoms with Gasteiger partial charge < -0.3 is 4.90 Å². The summed E-state index contributed by atoms with van der Waals surface area (Å²) in [4.78, 5) is 66.1. The number of hydrogen-bond acceptors (Lipinski definition) is 10. The zero-order chi connectivity index (χ0) is 25.5. The number of aromatic nitrogens is 4. The van der Waals surface area contributed by atoms with Crippen LogP contribution in [0.1, 0.15) is 30.7 Å². The zero-order valence-corrected chi connectivity index (χ0v) is 20.4. The first-order chi connectivity index (χ1) is 18.0. The predicted molar refractivity (Wildman–Crippen MR) is 131 cm³/mol. The topological polar surface area (TPSA) is 138 Å². The van der Waals surface area contributed by atoms with E-state index in [1.165, 1.54) is 17.9 Å². The van der Waals surface area contributed by atoms with Crippen LogP contribution in [-0.2, 0) is 25.7 Å². The molecule has 37 heavy (non-hydrogen) atoms. The van der Waals surface area contributed by atoms with Crippen LogP contribution in [0.25, 0.3) is 22.5 Å². The van der Waals surface area contributed by atoms with Gasteiger partial charge in [0.25, 0.3) is 11.8 Å². The van der Waals surface area contributed by atoms with E-state index in [-0.39, 0.29) is 12.8 Å². The highest BCUT2D eigenvalue weighted by Gasteiger charge is 2.48. The molecule has 1 unspecified atom stereocenters. The first kappa shape index (κ1) is 23.1. The number of rotatable bonds is 5. The molecule has 6 rings (SSSR count). The molecule has 1 fully saturated rings. The lowest BCUT2D eigenvalue weighted by atomic mass is 10.0. The maximum Gasteiger partial charge on any atom is 0.278 e. The van der Waals surface area contributed by atoms with Gasteiger partial charge in [-0.2, -0.15) is 4.37 Å². The predicted octanol–water partition coefficient (Wildman–Crippen LogP) is 1.69. The van der Waals surface area contributed by atoms with Crippen LogP contribution in [-0.4, -0.2) is 65.3 Å². The van der Waals surface area contributed by atoms with Crippen LogP contribution in [0.2, 0.25) is 0 Å². The van der Waals surface area contributed by atoms with Crippen LogP contribution in [0.3, 0.4) is 0 Å². The van der Waals surface area contributed by atoms with Crippen molar-refractivity contribution in [3.05, 3.63) is 59.3 Å². The van der Waals surface area contributed by atoms with Crippen molar-refractivity contribution in [1.29, 1.82) is 0 Å². The minimum Gasteiger partial charge on any atom is -0.360 e. The summed E-state index contributed by atoms with van der Waals surface area (Å²) in [7, 11) is 0. The fourth-order valence-electron chi connectivity index (χ4n) is 4.95. The maximum atomic E-state index is 13.4. The maximum absolute atomic E-state index is 13.4. The van der Waals surface area contributed by atoms with Crippen molar-refractivity contribution in [2.75, 3.05) is 6.54 Å². The molecule has 0 aliphatic carbocycles. The summed E-state index contributed by atoms with van der Waals surface area (Å²) in [5, 5.41) is 2.94. The summed E-state index contributed by atoms with van der Waals surface area (Å²) in [6.45, 7) is 0.907. The van der Waals surface area contributed by atoms with Gasteiger partial charge in [0.15, 0.2) is 5.82 Å². The van der Waals surface area contributed by atoms with Gasteiger partial charge in [-0.3, -0.25) is 29.4 Å². The normalized spacial score (nSPS) is 19.9. The number of amides is 4. The largest absolute Gasteiger partial charge is 0.360 e. The van der Waals surface area contributed by atoms with E-state index >= 15 is 0 Å². The molecule has 1 aromatic carbocycles. The SMILES string of the molecule is O=C1CCC(N2C(=O)C3=C(C2=O)N(Cc2nc(-c4cccc(-c5cncnc5)c4)ns2)CCC3)C(=O)N1. The lowest BCUT2D eigenvalue weighted by molar-refractivity contribution is -0.150. The van der Waals surface area contributed by atoms with E-state index in [0.29, 0.717) is 48.0 Å². The molecule has 4 amide bonds. The average Bonchev–Trinajstić information content (AvgIpc) is 3.48. The lowest BCUT2D eigenvalue weighted by Gasteiger charge is -2.30. The second kappa shape index (κ2) is 9.28. The molecule has 3 aliphatic rings. The van der Waals surface area contributed by atoms with Crippen molar-refractivity contribution in [3.8, 4) is 22.5 Å². The van der Waals surface area contributed by atoms with Gasteiger partial charge in [0.05, 0.1) is 6.54 Å². The van der Waals surface area contributed by atoms with Crippen molar-refractivity contribution in [1.82, 2.24) is 34.4 Å². The molecule has 0 spiro atoms. The molecule has 11 nitrogen and oxygen atoms in total. The second-order valence-electron chi connectivity index (χ2n) is 9.02. The number of benzene rings is 1. The van der Waals surface area contributed by atoms with Gasteiger partial charge in [-0.15, -0.1) is 0 Å². The number of piperidine rings is 1. The zero-order valence-electron chi connectivity index (χ0n) is 19.6. The molecule has 3 aromatic rings. The molecule has 2 aromatic heterocycles. The van der Waals surface area contributed by atoms with Crippen LogP contribution >= 0.6 is 11.5 Å². The van der Waals surface area contributed by atoms with Crippen LogP contribution in [0, 0.1) is 0 Å². The highest BCUT2D eigenvalue weighted by Crippen LogP contribution is 2.35. The third-order valence-electron chi connectivity index (χ3n) is 6.69. The Bertz CT molecular complexity index is 1470. The molecule has 5 heterocycles. The Labute approximate surface area is 215 Å². The molecule has 0 saturated carbocycles. The average molecular weight is 516 g/mol. The standard InChI is InChI=1S/C25H21N7O4S/c33-19-7-6-18(23(34)28-19)32-24(35)17-5-2-8-31(21(17)25(32)36)12-20-29-22(30-37-20)15-4-1-3-14(9-15)16-10-26-13-27-11-16/h1,3-4,9-11,13,18H,2,5-8,12H2,(H,28,33,34). The summed E-state index contributed by atoms with van der Waals surface area (Å²) >= 11 is 1.24. The number of nitrogens with zero attached hydrogens (tertiary/aromatic N) is 6. The van der Waals surface area contributed by atoms with Crippen molar-refractivity contribution in [2.45, 2.75) is 38.3 Å². The molecular weight excluding hydrogens is 494 g/mol. The fourth-order valence-corrected chi connectivity index (χ4v) is 5.63. The van der Waals surface area contributed by atoms with Crippen molar-refractivity contribution in [2.24, 2.45) is 0 Å². The Morgan fingerprint density at radius 2 is 1.81 bits per heavy atom. The second-order valence-corrected chi connectivity index (χ2v) is 9.86. The van der Waals surface area contributed by atoms with Crippen LogP contribution in [0.4, 0.5) is 0 Å². The van der Waals surface area contributed by atoms with Gasteiger partial charge in [-0.25, -0.2) is 15.0 Å². The summed E-state index contributed by atoms with van der Waals surface area (Å²) in [6, 6.07) is 6.82. The fraction of sp³-hybridized carbons (Fsp3) is 0.280. The molecule has 0 bridgehead atoms. The van der Waals surface area contributed by atoms with E-state index in [0.717, 1.165) is 21.6 Å². The molecule has 12 heteroatoms. The number of nitrogens with one attached hydrogen (secondary N) is 1. The molecule has 1 atom stereocenters. The van der Waals surface area contributed by atoms with Gasteiger partial charge in [0.1, 0.15) is 23.1 Å². The molecular formula is C25H21N7O4S. The molecule has 3 aliphatic heterocycles. The van der Waals surface area contributed by atoms with Gasteiger partial charge in [0, 0.05) is 42.1 Å². The Morgan fingerprint density at radius 3 is 2.62 bits per heavy atom. The van der Waals surface area contributed by atoms with E-state index in [2.05, 4.69) is 19.7 Å². The van der Waals surface area contributed by atoms with Gasteiger partial charge >= 0.3 is 0 Å². The van der Waals surface area contributed by atoms with E-state index in [4.69, 9.17) is 4.98 Å². The van der Waals surface area contributed by atoms with Gasteiger partial charge in [0.2, 0.25) is 11.8 Å². The number of carbonyl (C=O) groups is 4. The Kier molecular flexibility index (Phi) is 5.80. The Morgan fingerprint density at radius 1 is 1.00 bits per heavy atom. The van der Waals surface area contributed by atoms with E-state index < -0.39 is 29.7 Å². The smallest absolute Gasteiger partial charge is 0.278 e. The monoisotopic (exact) mass is 515 g/mol. The van der Waals surface area contributed by atoms with Crippen LogP contribution < -0.4 is 5.32 Å². The highest BCUT2D eigenvalue weighted by molar-refractivity contribution is 7.05. The highest BCUT2D eigenvalue weighted by atomic mass is 32.1. The molecule has 1 saturated heterocycles. The number of carbonyl (C=O) groups excluding carboxylic acids is 4. The summed E-state index contributed by atoms with van der Waals surface area (Å²) in [6.07, 6.45) is 6.36. The Balaban J connectivity index is 1.22. The van der Waals surface area contributed by atoms with Gasteiger partial charge in [-0.1, -0.05) is 18.2 Å². The Hall–Kier alpha value is -4.32. The summed E-state index contributed by atoms with van der Waals surface area (Å²) in [5.41, 5.74) is 3.42. The third-order valence-corrected chi connectivity index (χ3v) is 7.38. The molecule has 0 radical (unpaired) electrons. The van der Waals surface area contributed by atoms with Crippen LogP contribution in [0.5, 0.6) is 0 Å². The molecule has 186 valence electrons. The number of imide groups is 2. The minimum absolute atomic E-state index is 0.0912. The van der Waals surface area contributed by atoms with Crippen molar-refractivity contribution >= 4 is 35.2 Å². The lowest BCUT2D eigenvalue weighted by Crippen LogP contribution is -2.55. The quantitative estimate of drug-likeness (QED) is 0.503. The first-order valence-corrected chi connectivity index (χ1v) is 12.6. The van der Waals surface area contributed by atoms with Crippen molar-refractivity contribution < 1.29 is 19.2 Å². The van der Waals surface area contributed by atoms with E-state index in [1.54, 1.807) is 12.4 Å². The van der Waals surface area contributed by atoms with Crippen LogP contribution in [0.15, 0.2) is 54.3 Å². The van der Waals surface area contributed by atoms with Crippen molar-refractivity contribution in [3.63, 3.8) is 0 Å². The number of hydrogen-bond donors (Lipinski definition) is 1.